The molecule has 4 N–H and O–H groups in total. The van der Waals surface area contributed by atoms with Crippen LogP contribution in [0.3, 0.4) is 0 Å². The first-order valence-electron chi connectivity index (χ1n) is 12.3. The second-order valence-corrected chi connectivity index (χ2v) is 11.1. The van der Waals surface area contributed by atoms with Gasteiger partial charge in [0.15, 0.2) is 17.1 Å². The summed E-state index contributed by atoms with van der Waals surface area (Å²) in [4.78, 5) is 36.3. The van der Waals surface area contributed by atoms with Crippen molar-refractivity contribution < 1.29 is 47.3 Å². The van der Waals surface area contributed by atoms with Gasteiger partial charge in [0, 0.05) is 6.42 Å². The average Bonchev–Trinajstić information content (AvgIpc) is 3.44. The average molecular weight is 585 g/mol. The van der Waals surface area contributed by atoms with Gasteiger partial charge in [-0.05, 0) is 34.6 Å². The minimum Gasteiger partial charge on any atom is -0.462 e. The summed E-state index contributed by atoms with van der Waals surface area (Å²) in [6.07, 6.45) is 4.23. The third-order valence-electron chi connectivity index (χ3n) is 5.49. The summed E-state index contributed by atoms with van der Waals surface area (Å²) in [5.74, 6) is 1.76. The Hall–Kier alpha value is -3.32. The van der Waals surface area contributed by atoms with Gasteiger partial charge in [-0.15, -0.1) is 6.42 Å². The van der Waals surface area contributed by atoms with Crippen molar-refractivity contribution >= 4 is 36.9 Å². The zero-order valence-electron chi connectivity index (χ0n) is 22.7. The van der Waals surface area contributed by atoms with E-state index in [1.165, 1.54) is 24.1 Å². The van der Waals surface area contributed by atoms with E-state index in [1.54, 1.807) is 27.7 Å². The number of rotatable bonds is 12. The molecule has 3 heterocycles. The molecule has 2 aromatic rings. The SMILES string of the molecule is C#C[C@]1(COP(=O)(N[C@@H](C)C(=O)OC(C)C)OCOC(=O)OC(C)C)O[C@@H](n2cnc3c(N)ncnc32)C[C@@H]1O. The molecule has 0 radical (unpaired) electrons. The molecule has 1 aliphatic rings. The van der Waals surface area contributed by atoms with Gasteiger partial charge in [-0.1, -0.05) is 5.92 Å². The highest BCUT2D eigenvalue weighted by atomic mass is 31.2. The number of hydrogen-bond acceptors (Lipinski definition) is 14. The van der Waals surface area contributed by atoms with Crippen molar-refractivity contribution in [2.75, 3.05) is 19.1 Å². The van der Waals surface area contributed by atoms with Crippen LogP contribution in [0.25, 0.3) is 11.2 Å². The van der Waals surface area contributed by atoms with Crippen LogP contribution in [0.1, 0.15) is 47.3 Å². The Morgan fingerprint density at radius 2 is 1.95 bits per heavy atom. The van der Waals surface area contributed by atoms with E-state index in [1.807, 2.05) is 0 Å². The minimum atomic E-state index is -4.45. The van der Waals surface area contributed by atoms with Gasteiger partial charge in [0.2, 0.25) is 6.79 Å². The van der Waals surface area contributed by atoms with Crippen LogP contribution in [0.2, 0.25) is 0 Å². The van der Waals surface area contributed by atoms with Crippen LogP contribution < -0.4 is 10.8 Å². The summed E-state index contributed by atoms with van der Waals surface area (Å²) >= 11 is 0. The molecule has 0 bridgehead atoms. The van der Waals surface area contributed by atoms with Crippen LogP contribution in [0, 0.1) is 12.3 Å². The first-order valence-corrected chi connectivity index (χ1v) is 13.8. The van der Waals surface area contributed by atoms with E-state index in [9.17, 15) is 19.3 Å². The highest BCUT2D eigenvalue weighted by molar-refractivity contribution is 7.51. The predicted octanol–water partition coefficient (Wildman–Crippen LogP) is 1.65. The molecular weight excluding hydrogens is 551 g/mol. The van der Waals surface area contributed by atoms with Crippen molar-refractivity contribution in [2.24, 2.45) is 0 Å². The number of ether oxygens (including phenoxy) is 4. The first kappa shape index (κ1) is 31.2. The maximum Gasteiger partial charge on any atom is 0.510 e. The van der Waals surface area contributed by atoms with E-state index in [0.717, 1.165) is 0 Å². The lowest BCUT2D eigenvalue weighted by molar-refractivity contribution is -0.149. The number of terminal acetylenes is 1. The summed E-state index contributed by atoms with van der Waals surface area (Å²) in [7, 11) is -4.45. The summed E-state index contributed by atoms with van der Waals surface area (Å²) < 4.78 is 46.6. The standard InChI is InChI=1S/C23H33N6O10P/c1-7-23(16(30)8-17(39-23)29-11-27-18-19(24)25-10-26-20(18)29)9-35-40(33,28-15(6)21(31)37-13(2)3)36-12-34-22(32)38-14(4)5/h1,10-11,13-17,30H,8-9,12H2,2-6H3,(H,28,33)(H2,24,25,26)/t15-,16-,17+,23+,40?/m0/s1. The van der Waals surface area contributed by atoms with Gasteiger partial charge in [-0.2, -0.15) is 0 Å². The Labute approximate surface area is 230 Å². The molecule has 0 saturated carbocycles. The number of esters is 1. The molecule has 2 aromatic heterocycles. The summed E-state index contributed by atoms with van der Waals surface area (Å²) in [5, 5.41) is 13.3. The zero-order valence-corrected chi connectivity index (χ0v) is 23.6. The third-order valence-corrected chi connectivity index (χ3v) is 7.11. The monoisotopic (exact) mass is 584 g/mol. The number of nitrogens with zero attached hydrogens (tertiary/aromatic N) is 4. The maximum absolute atomic E-state index is 13.6. The zero-order chi connectivity index (χ0) is 29.7. The highest BCUT2D eigenvalue weighted by Crippen LogP contribution is 2.47. The molecule has 3 rings (SSSR count). The fourth-order valence-corrected chi connectivity index (χ4v) is 4.95. The van der Waals surface area contributed by atoms with E-state index in [0.29, 0.717) is 11.2 Å². The van der Waals surface area contributed by atoms with E-state index in [4.69, 9.17) is 40.2 Å². The second-order valence-electron chi connectivity index (χ2n) is 9.36. The van der Waals surface area contributed by atoms with Crippen LogP contribution in [0.4, 0.5) is 10.6 Å². The van der Waals surface area contributed by atoms with Crippen molar-refractivity contribution in [1.29, 1.82) is 0 Å². The number of carbonyl (C=O) groups excluding carboxylic acids is 2. The van der Waals surface area contributed by atoms with Gasteiger partial charge in [-0.25, -0.2) is 29.4 Å². The molecule has 5 atom stereocenters. The number of hydrogen-bond donors (Lipinski definition) is 3. The molecule has 40 heavy (non-hydrogen) atoms. The molecule has 16 nitrogen and oxygen atoms in total. The molecule has 1 unspecified atom stereocenters. The number of aliphatic hydroxyl groups is 1. The molecule has 220 valence electrons. The third kappa shape index (κ3) is 7.45. The Morgan fingerprint density at radius 1 is 1.25 bits per heavy atom. The van der Waals surface area contributed by atoms with Gasteiger partial charge < -0.3 is 29.8 Å². The minimum absolute atomic E-state index is 0.0111. The summed E-state index contributed by atoms with van der Waals surface area (Å²) in [5.41, 5.74) is 4.71. The second kappa shape index (κ2) is 12.9. The topological polar surface area (TPSA) is 208 Å². The molecule has 1 aliphatic heterocycles. The van der Waals surface area contributed by atoms with Crippen LogP contribution >= 0.6 is 7.75 Å². The fourth-order valence-electron chi connectivity index (χ4n) is 3.59. The van der Waals surface area contributed by atoms with Gasteiger partial charge >= 0.3 is 19.9 Å². The molecule has 0 amide bonds. The number of nitrogen functional groups attached to an aromatic ring is 1. The van der Waals surface area contributed by atoms with Crippen LogP contribution in [-0.4, -0.2) is 80.1 Å². The van der Waals surface area contributed by atoms with Crippen molar-refractivity contribution in [3.8, 4) is 12.3 Å². The predicted molar refractivity (Wildman–Crippen MR) is 138 cm³/mol. The fraction of sp³-hybridized carbons (Fsp3) is 0.609. The van der Waals surface area contributed by atoms with Gasteiger partial charge in [0.25, 0.3) is 0 Å². The number of imidazole rings is 1. The van der Waals surface area contributed by atoms with Crippen molar-refractivity contribution in [3.63, 3.8) is 0 Å². The Balaban J connectivity index is 1.77. The smallest absolute Gasteiger partial charge is 0.462 e. The molecule has 0 spiro atoms. The number of aromatic nitrogens is 4. The largest absolute Gasteiger partial charge is 0.510 e. The maximum atomic E-state index is 13.6. The normalized spacial score (nSPS) is 23.1. The lowest BCUT2D eigenvalue weighted by Gasteiger charge is -2.29. The van der Waals surface area contributed by atoms with Crippen molar-refractivity contribution in [1.82, 2.24) is 24.6 Å². The van der Waals surface area contributed by atoms with Gasteiger partial charge in [0.05, 0.1) is 18.5 Å². The Bertz CT molecular complexity index is 1300. The summed E-state index contributed by atoms with van der Waals surface area (Å²) in [6.45, 7) is 6.34. The molecule has 17 heteroatoms. The quantitative estimate of drug-likeness (QED) is 0.140. The Morgan fingerprint density at radius 3 is 2.60 bits per heavy atom. The molecule has 0 aliphatic carbocycles. The van der Waals surface area contributed by atoms with E-state index < -0.39 is 69.5 Å². The number of nitrogens with two attached hydrogens (primary N) is 1. The van der Waals surface area contributed by atoms with Gasteiger partial charge in [-0.3, -0.25) is 18.4 Å². The first-order chi connectivity index (χ1) is 18.8. The van der Waals surface area contributed by atoms with E-state index in [2.05, 4.69) is 26.0 Å². The van der Waals surface area contributed by atoms with Crippen LogP contribution in [-0.2, 0) is 37.4 Å². The van der Waals surface area contributed by atoms with Crippen LogP contribution in [0.15, 0.2) is 12.7 Å². The molecule has 0 aromatic carbocycles. The molecule has 1 saturated heterocycles. The lowest BCUT2D eigenvalue weighted by atomic mass is 9.99. The van der Waals surface area contributed by atoms with E-state index in [-0.39, 0.29) is 12.2 Å². The highest BCUT2D eigenvalue weighted by Gasteiger charge is 2.50. The van der Waals surface area contributed by atoms with Crippen molar-refractivity contribution in [3.05, 3.63) is 12.7 Å². The number of nitrogens with one attached hydrogen (secondary N) is 1. The van der Waals surface area contributed by atoms with Crippen molar-refractivity contribution in [2.45, 2.75) is 77.2 Å². The van der Waals surface area contributed by atoms with Gasteiger partial charge in [0.1, 0.15) is 36.8 Å². The summed E-state index contributed by atoms with van der Waals surface area (Å²) in [6, 6.07) is -1.18. The lowest BCUT2D eigenvalue weighted by Crippen LogP contribution is -2.43. The number of fused-ring (bicyclic) bond motifs is 1. The number of aliphatic hydroxyl groups excluding tert-OH is 1. The number of carbonyl (C=O) groups is 2. The van der Waals surface area contributed by atoms with E-state index >= 15 is 0 Å². The molecule has 1 fully saturated rings. The van der Waals surface area contributed by atoms with Crippen LogP contribution in [0.5, 0.6) is 0 Å². The Kier molecular flexibility index (Phi) is 10.1. The number of anilines is 1. The molecular formula is C23H33N6O10P.